The fourth-order valence-corrected chi connectivity index (χ4v) is 5.53. The zero-order chi connectivity index (χ0) is 22.9. The Balaban J connectivity index is 1.89. The van der Waals surface area contributed by atoms with Crippen LogP contribution in [0.3, 0.4) is 0 Å². The minimum Gasteiger partial charge on any atom is -0.324 e. The Morgan fingerprint density at radius 3 is 2.53 bits per heavy atom. The summed E-state index contributed by atoms with van der Waals surface area (Å²) in [7, 11) is 1.51. The second kappa shape index (κ2) is 9.18. The topological polar surface area (TPSA) is 37.4 Å². The van der Waals surface area contributed by atoms with Crippen molar-refractivity contribution < 1.29 is 14.0 Å². The largest absolute Gasteiger partial charge is 0.324 e. The molecule has 1 aromatic heterocycles. The van der Waals surface area contributed by atoms with Crippen LogP contribution in [0.25, 0.3) is 6.08 Å². The van der Waals surface area contributed by atoms with Crippen LogP contribution in [0.1, 0.15) is 40.1 Å². The lowest BCUT2D eigenvalue weighted by Crippen LogP contribution is -2.55. The standard InChI is InChI=1S/C25H20Cl2FNO2S/c1-29(24(31)22-20(27)11-4-12-21(22)28)25(18-9-2-3-10-19(18)26)13-5-7-16(23(25)30)15-17-8-6-14-32-17/h2-4,6,8-12,14-15H,5,7,13H2,1H3/b16-15+/t25-/m0/s1. The predicted octanol–water partition coefficient (Wildman–Crippen LogP) is 7.00. The molecule has 4 rings (SSSR count). The summed E-state index contributed by atoms with van der Waals surface area (Å²) in [6.45, 7) is 0. The van der Waals surface area contributed by atoms with Gasteiger partial charge >= 0.3 is 0 Å². The molecule has 3 nitrogen and oxygen atoms in total. The van der Waals surface area contributed by atoms with Crippen molar-refractivity contribution in [2.75, 3.05) is 7.05 Å². The van der Waals surface area contributed by atoms with Gasteiger partial charge in [-0.25, -0.2) is 4.39 Å². The smallest absolute Gasteiger partial charge is 0.259 e. The highest BCUT2D eigenvalue weighted by molar-refractivity contribution is 7.10. The average molecular weight is 488 g/mol. The molecule has 0 radical (unpaired) electrons. The summed E-state index contributed by atoms with van der Waals surface area (Å²) in [5.41, 5.74) is -0.502. The summed E-state index contributed by atoms with van der Waals surface area (Å²) in [4.78, 5) is 29.8. The summed E-state index contributed by atoms with van der Waals surface area (Å²) >= 11 is 14.3. The molecule has 1 heterocycles. The van der Waals surface area contributed by atoms with E-state index in [0.29, 0.717) is 35.4 Å². The molecule has 0 N–H and O–H groups in total. The maximum atomic E-state index is 14.6. The van der Waals surface area contributed by atoms with Gasteiger partial charge in [0.1, 0.15) is 11.4 Å². The van der Waals surface area contributed by atoms with Gasteiger partial charge in [0, 0.05) is 22.5 Å². The van der Waals surface area contributed by atoms with E-state index in [-0.39, 0.29) is 16.4 Å². The number of amides is 1. The Morgan fingerprint density at radius 1 is 1.09 bits per heavy atom. The zero-order valence-electron chi connectivity index (χ0n) is 17.3. The van der Waals surface area contributed by atoms with Crippen molar-refractivity contribution >= 4 is 52.3 Å². The van der Waals surface area contributed by atoms with Crippen LogP contribution in [0.5, 0.6) is 0 Å². The summed E-state index contributed by atoms with van der Waals surface area (Å²) in [5.74, 6) is -1.62. The number of likely N-dealkylation sites (N-methyl/N-ethyl adjacent to an activating group) is 1. The molecule has 1 aliphatic rings. The molecule has 0 spiro atoms. The van der Waals surface area contributed by atoms with Crippen molar-refractivity contribution in [3.8, 4) is 0 Å². The van der Waals surface area contributed by atoms with Crippen molar-refractivity contribution in [3.05, 3.63) is 97.4 Å². The number of rotatable bonds is 4. The normalized spacial score (nSPS) is 19.9. The van der Waals surface area contributed by atoms with E-state index in [1.807, 2.05) is 23.6 Å². The average Bonchev–Trinajstić information content (AvgIpc) is 3.28. The number of thiophene rings is 1. The van der Waals surface area contributed by atoms with Gasteiger partial charge in [0.2, 0.25) is 0 Å². The van der Waals surface area contributed by atoms with Crippen LogP contribution in [0.15, 0.2) is 65.6 Å². The second-order valence-corrected chi connectivity index (χ2v) is 9.46. The fourth-order valence-electron chi connectivity index (χ4n) is 4.31. The molecule has 7 heteroatoms. The van der Waals surface area contributed by atoms with Gasteiger partial charge in [-0.15, -0.1) is 11.3 Å². The minimum atomic E-state index is -1.37. The molecule has 1 atom stereocenters. The Hall–Kier alpha value is -2.47. The van der Waals surface area contributed by atoms with Crippen molar-refractivity contribution in [3.63, 3.8) is 0 Å². The maximum Gasteiger partial charge on any atom is 0.259 e. The molecule has 0 unspecified atom stereocenters. The van der Waals surface area contributed by atoms with E-state index in [9.17, 15) is 14.0 Å². The van der Waals surface area contributed by atoms with Crippen molar-refractivity contribution in [1.82, 2.24) is 4.90 Å². The summed E-state index contributed by atoms with van der Waals surface area (Å²) in [6, 6.07) is 14.9. The van der Waals surface area contributed by atoms with Crippen LogP contribution >= 0.6 is 34.5 Å². The lowest BCUT2D eigenvalue weighted by atomic mass is 9.71. The first-order valence-electron chi connectivity index (χ1n) is 10.1. The third-order valence-corrected chi connectivity index (χ3v) is 7.35. The molecule has 1 amide bonds. The van der Waals surface area contributed by atoms with Crippen LogP contribution in [0.2, 0.25) is 10.0 Å². The van der Waals surface area contributed by atoms with E-state index in [1.165, 1.54) is 41.5 Å². The van der Waals surface area contributed by atoms with Crippen molar-refractivity contribution in [1.29, 1.82) is 0 Å². The van der Waals surface area contributed by atoms with Crippen LogP contribution in [-0.4, -0.2) is 23.6 Å². The third kappa shape index (κ3) is 3.90. The molecule has 164 valence electrons. The molecule has 0 bridgehead atoms. The predicted molar refractivity (Wildman–Crippen MR) is 128 cm³/mol. The Morgan fingerprint density at radius 2 is 1.84 bits per heavy atom. The van der Waals surface area contributed by atoms with Crippen molar-refractivity contribution in [2.45, 2.75) is 24.8 Å². The molecule has 2 aromatic carbocycles. The highest BCUT2D eigenvalue weighted by Gasteiger charge is 2.50. The summed E-state index contributed by atoms with van der Waals surface area (Å²) in [6.07, 6.45) is 3.49. The Kier molecular flexibility index (Phi) is 6.52. The van der Waals surface area contributed by atoms with Gasteiger partial charge in [0.05, 0.1) is 10.6 Å². The third-order valence-electron chi connectivity index (χ3n) is 5.88. The quantitative estimate of drug-likeness (QED) is 0.371. The number of halogens is 3. The van der Waals surface area contributed by atoms with E-state index in [1.54, 1.807) is 24.3 Å². The SMILES string of the molecule is CN(C(=O)c1c(F)cccc1Cl)[C@]1(c2ccccc2Cl)CCC/C(=C\c2cccs2)C1=O. The van der Waals surface area contributed by atoms with Crippen LogP contribution in [-0.2, 0) is 10.3 Å². The number of Topliss-reactive ketones (excluding diaryl/α,β-unsaturated/α-hetero) is 1. The van der Waals surface area contributed by atoms with Gasteiger partial charge in [0.25, 0.3) is 5.91 Å². The molecule has 0 saturated heterocycles. The van der Waals surface area contributed by atoms with Gasteiger partial charge in [0.15, 0.2) is 5.78 Å². The summed E-state index contributed by atoms with van der Waals surface area (Å²) < 4.78 is 14.6. The number of hydrogen-bond acceptors (Lipinski definition) is 3. The number of hydrogen-bond donors (Lipinski definition) is 0. The number of ketones is 1. The molecule has 1 aliphatic carbocycles. The maximum absolute atomic E-state index is 14.6. The highest BCUT2D eigenvalue weighted by Crippen LogP contribution is 2.45. The Bertz CT molecular complexity index is 1190. The zero-order valence-corrected chi connectivity index (χ0v) is 19.6. The second-order valence-electron chi connectivity index (χ2n) is 7.67. The van der Waals surface area contributed by atoms with Gasteiger partial charge in [-0.2, -0.15) is 0 Å². The van der Waals surface area contributed by atoms with E-state index >= 15 is 0 Å². The van der Waals surface area contributed by atoms with Crippen LogP contribution in [0.4, 0.5) is 4.39 Å². The lowest BCUT2D eigenvalue weighted by molar-refractivity contribution is -0.128. The molecular formula is C25H20Cl2FNO2S. The monoisotopic (exact) mass is 487 g/mol. The number of benzene rings is 2. The first-order chi connectivity index (χ1) is 15.4. The Labute approximate surface area is 200 Å². The lowest BCUT2D eigenvalue weighted by Gasteiger charge is -2.44. The van der Waals surface area contributed by atoms with Gasteiger partial charge < -0.3 is 4.90 Å². The first kappa shape index (κ1) is 22.7. The number of carbonyl (C=O) groups is 2. The number of carbonyl (C=O) groups excluding carboxylic acids is 2. The van der Waals surface area contributed by atoms with Gasteiger partial charge in [-0.3, -0.25) is 9.59 Å². The van der Waals surface area contributed by atoms with E-state index in [0.717, 1.165) is 4.88 Å². The molecule has 32 heavy (non-hydrogen) atoms. The van der Waals surface area contributed by atoms with Crippen LogP contribution < -0.4 is 0 Å². The van der Waals surface area contributed by atoms with E-state index < -0.39 is 17.3 Å². The minimum absolute atomic E-state index is 0.00577. The molecule has 1 saturated carbocycles. The number of nitrogens with zero attached hydrogens (tertiary/aromatic N) is 1. The molecule has 3 aromatic rings. The van der Waals surface area contributed by atoms with E-state index in [4.69, 9.17) is 23.2 Å². The van der Waals surface area contributed by atoms with Crippen molar-refractivity contribution in [2.24, 2.45) is 0 Å². The van der Waals surface area contributed by atoms with Crippen LogP contribution in [0, 0.1) is 5.82 Å². The molecule has 1 fully saturated rings. The fraction of sp³-hybridized carbons (Fsp3) is 0.200. The molecular weight excluding hydrogens is 468 g/mol. The molecule has 0 aliphatic heterocycles. The van der Waals surface area contributed by atoms with Gasteiger partial charge in [-0.05, 0) is 60.6 Å². The summed E-state index contributed by atoms with van der Waals surface area (Å²) in [5, 5.41) is 2.31. The van der Waals surface area contributed by atoms with Gasteiger partial charge in [-0.1, -0.05) is 53.5 Å². The highest BCUT2D eigenvalue weighted by atomic mass is 35.5. The first-order valence-corrected chi connectivity index (χ1v) is 11.8. The van der Waals surface area contributed by atoms with E-state index in [2.05, 4.69) is 0 Å².